The Kier molecular flexibility index (Phi) is 3.83. The van der Waals surface area contributed by atoms with Gasteiger partial charge in [-0.3, -0.25) is 0 Å². The number of pyridine rings is 1. The zero-order valence-corrected chi connectivity index (χ0v) is 11.7. The van der Waals surface area contributed by atoms with Gasteiger partial charge in [0.25, 0.3) is 0 Å². The smallest absolute Gasteiger partial charge is 0.354 e. The lowest BCUT2D eigenvalue weighted by Crippen LogP contribution is -1.99. The Balaban J connectivity index is 0.000000139. The van der Waals surface area contributed by atoms with Crippen molar-refractivity contribution in [2.24, 2.45) is 0 Å². The normalized spacial score (nSPS) is 10.2. The van der Waals surface area contributed by atoms with E-state index >= 15 is 0 Å². The third-order valence-electron chi connectivity index (χ3n) is 3.28. The van der Waals surface area contributed by atoms with Gasteiger partial charge in [-0.15, -0.1) is 0 Å². The second kappa shape index (κ2) is 6.10. The number of H-pyrrole nitrogens is 1. The number of aromatic carboxylic acids is 1. The van der Waals surface area contributed by atoms with Gasteiger partial charge in [0.1, 0.15) is 5.69 Å². The summed E-state index contributed by atoms with van der Waals surface area (Å²) >= 11 is 0. The summed E-state index contributed by atoms with van der Waals surface area (Å²) in [6, 6.07) is 21.0. The number of hydrogen-bond acceptors (Lipinski definition) is 2. The summed E-state index contributed by atoms with van der Waals surface area (Å²) in [7, 11) is 0. The van der Waals surface area contributed by atoms with Gasteiger partial charge in [0.15, 0.2) is 0 Å². The lowest BCUT2D eigenvalue weighted by Gasteiger charge is -1.97. The molecule has 4 nitrogen and oxygen atoms in total. The van der Waals surface area contributed by atoms with E-state index in [4.69, 9.17) is 5.11 Å². The third-order valence-corrected chi connectivity index (χ3v) is 3.28. The largest absolute Gasteiger partial charge is 0.477 e. The summed E-state index contributed by atoms with van der Waals surface area (Å²) in [5.74, 6) is -0.995. The SMILES string of the molecule is O=C(O)c1ccc2ccccc2n1.c1ccc2[nH]ccc2c1. The zero-order valence-electron chi connectivity index (χ0n) is 11.7. The van der Waals surface area contributed by atoms with Crippen LogP contribution in [0.5, 0.6) is 0 Å². The van der Waals surface area contributed by atoms with Gasteiger partial charge in [0.2, 0.25) is 0 Å². The van der Waals surface area contributed by atoms with Gasteiger partial charge in [0, 0.05) is 17.1 Å². The first-order valence-corrected chi connectivity index (χ1v) is 6.85. The number of hydrogen-bond donors (Lipinski definition) is 2. The van der Waals surface area contributed by atoms with Crippen LogP contribution in [0.3, 0.4) is 0 Å². The van der Waals surface area contributed by atoms with E-state index in [0.29, 0.717) is 5.52 Å². The fourth-order valence-electron chi connectivity index (χ4n) is 2.18. The number of para-hydroxylation sites is 2. The quantitative estimate of drug-likeness (QED) is 0.554. The van der Waals surface area contributed by atoms with E-state index in [9.17, 15) is 4.79 Å². The number of aromatic nitrogens is 2. The molecule has 0 aliphatic heterocycles. The molecule has 0 spiro atoms. The number of carboxylic acids is 1. The van der Waals surface area contributed by atoms with Gasteiger partial charge in [-0.25, -0.2) is 9.78 Å². The summed E-state index contributed by atoms with van der Waals surface area (Å²) in [5, 5.41) is 10.9. The van der Waals surface area contributed by atoms with Gasteiger partial charge in [-0.2, -0.15) is 0 Å². The summed E-state index contributed by atoms with van der Waals surface area (Å²) in [6.07, 6.45) is 1.95. The average Bonchev–Trinajstić information content (AvgIpc) is 3.03. The van der Waals surface area contributed by atoms with Crippen molar-refractivity contribution in [1.29, 1.82) is 0 Å². The lowest BCUT2D eigenvalue weighted by atomic mass is 10.2. The number of benzene rings is 2. The molecule has 0 atom stereocenters. The van der Waals surface area contributed by atoms with Crippen molar-refractivity contribution in [2.45, 2.75) is 0 Å². The monoisotopic (exact) mass is 290 g/mol. The Morgan fingerprint density at radius 3 is 2.36 bits per heavy atom. The number of rotatable bonds is 1. The fraction of sp³-hybridized carbons (Fsp3) is 0. The molecule has 4 heteroatoms. The molecule has 108 valence electrons. The molecule has 2 aromatic carbocycles. The van der Waals surface area contributed by atoms with Crippen LogP contribution >= 0.6 is 0 Å². The fourth-order valence-corrected chi connectivity index (χ4v) is 2.18. The number of fused-ring (bicyclic) bond motifs is 2. The molecule has 0 aliphatic rings. The van der Waals surface area contributed by atoms with Crippen molar-refractivity contribution in [3.8, 4) is 0 Å². The molecule has 0 saturated carbocycles. The van der Waals surface area contributed by atoms with Gasteiger partial charge < -0.3 is 10.1 Å². The Morgan fingerprint density at radius 2 is 1.59 bits per heavy atom. The van der Waals surface area contributed by atoms with E-state index in [2.05, 4.69) is 28.2 Å². The van der Waals surface area contributed by atoms with Crippen LogP contribution in [0.4, 0.5) is 0 Å². The van der Waals surface area contributed by atoms with Crippen LogP contribution in [0.1, 0.15) is 10.5 Å². The molecule has 0 fully saturated rings. The molecule has 0 bridgehead atoms. The standard InChI is InChI=1S/C10H7NO2.C8H7N/c12-10(13)9-6-5-7-3-1-2-4-8(7)11-9;1-2-4-8-7(3-1)5-6-9-8/h1-6H,(H,12,13);1-6,9H. The Hall–Kier alpha value is -3.14. The number of carboxylic acid groups (broad SMARTS) is 1. The minimum Gasteiger partial charge on any atom is -0.477 e. The molecule has 2 N–H and O–H groups in total. The predicted octanol–water partition coefficient (Wildman–Crippen LogP) is 4.10. The molecule has 4 rings (SSSR count). The minimum absolute atomic E-state index is 0.0821. The van der Waals surface area contributed by atoms with Crippen molar-refractivity contribution in [3.63, 3.8) is 0 Å². The second-order valence-corrected chi connectivity index (χ2v) is 4.76. The number of nitrogens with zero attached hydrogens (tertiary/aromatic N) is 1. The van der Waals surface area contributed by atoms with Crippen LogP contribution in [-0.4, -0.2) is 21.0 Å². The van der Waals surface area contributed by atoms with Crippen molar-refractivity contribution in [2.75, 3.05) is 0 Å². The number of carbonyl (C=O) groups is 1. The molecular weight excluding hydrogens is 276 g/mol. The second-order valence-electron chi connectivity index (χ2n) is 4.76. The maximum atomic E-state index is 10.6. The van der Waals surface area contributed by atoms with E-state index in [-0.39, 0.29) is 5.69 Å². The van der Waals surface area contributed by atoms with Gasteiger partial charge in [-0.1, -0.05) is 42.5 Å². The van der Waals surface area contributed by atoms with E-state index < -0.39 is 5.97 Å². The average molecular weight is 290 g/mol. The molecule has 0 amide bonds. The first-order valence-electron chi connectivity index (χ1n) is 6.85. The molecule has 2 heterocycles. The van der Waals surface area contributed by atoms with E-state index in [1.807, 2.05) is 36.5 Å². The molecule has 4 aromatic rings. The van der Waals surface area contributed by atoms with Gasteiger partial charge in [-0.05, 0) is 29.7 Å². The molecule has 2 aromatic heterocycles. The molecular formula is C18H14N2O2. The maximum Gasteiger partial charge on any atom is 0.354 e. The van der Waals surface area contributed by atoms with E-state index in [1.165, 1.54) is 17.0 Å². The van der Waals surface area contributed by atoms with Gasteiger partial charge in [0.05, 0.1) is 5.52 Å². The van der Waals surface area contributed by atoms with Crippen LogP contribution in [0.15, 0.2) is 72.9 Å². The third kappa shape index (κ3) is 2.96. The van der Waals surface area contributed by atoms with Gasteiger partial charge >= 0.3 is 5.97 Å². The highest BCUT2D eigenvalue weighted by molar-refractivity contribution is 5.89. The Labute approximate surface area is 127 Å². The number of aromatic amines is 1. The first kappa shape index (κ1) is 13.8. The molecule has 22 heavy (non-hydrogen) atoms. The summed E-state index contributed by atoms with van der Waals surface area (Å²) in [6.45, 7) is 0. The van der Waals surface area contributed by atoms with Crippen LogP contribution in [0.2, 0.25) is 0 Å². The highest BCUT2D eigenvalue weighted by Gasteiger charge is 2.03. The van der Waals surface area contributed by atoms with Crippen LogP contribution in [0, 0.1) is 0 Å². The van der Waals surface area contributed by atoms with Crippen molar-refractivity contribution in [3.05, 3.63) is 78.6 Å². The maximum absolute atomic E-state index is 10.6. The zero-order chi connectivity index (χ0) is 15.4. The molecule has 0 radical (unpaired) electrons. The lowest BCUT2D eigenvalue weighted by molar-refractivity contribution is 0.0691. The van der Waals surface area contributed by atoms with Crippen molar-refractivity contribution >= 4 is 27.8 Å². The summed E-state index contributed by atoms with van der Waals surface area (Å²) in [5.41, 5.74) is 2.00. The van der Waals surface area contributed by atoms with Crippen LogP contribution in [-0.2, 0) is 0 Å². The number of nitrogens with one attached hydrogen (secondary N) is 1. The molecule has 0 aliphatic carbocycles. The molecule has 0 unspecified atom stereocenters. The van der Waals surface area contributed by atoms with E-state index in [0.717, 1.165) is 5.39 Å². The first-order chi connectivity index (χ1) is 10.7. The van der Waals surface area contributed by atoms with Crippen LogP contribution in [0.25, 0.3) is 21.8 Å². The van der Waals surface area contributed by atoms with Crippen molar-refractivity contribution < 1.29 is 9.90 Å². The topological polar surface area (TPSA) is 66.0 Å². The highest BCUT2D eigenvalue weighted by Crippen LogP contribution is 2.11. The van der Waals surface area contributed by atoms with Crippen molar-refractivity contribution in [1.82, 2.24) is 9.97 Å². The molecule has 0 saturated heterocycles. The highest BCUT2D eigenvalue weighted by atomic mass is 16.4. The summed E-state index contributed by atoms with van der Waals surface area (Å²) < 4.78 is 0. The predicted molar refractivity (Wildman–Crippen MR) is 87.0 cm³/mol. The summed E-state index contributed by atoms with van der Waals surface area (Å²) in [4.78, 5) is 17.7. The van der Waals surface area contributed by atoms with Crippen LogP contribution < -0.4 is 0 Å². The minimum atomic E-state index is -0.995. The Morgan fingerprint density at radius 1 is 0.864 bits per heavy atom. The Bertz CT molecular complexity index is 898. The van der Waals surface area contributed by atoms with E-state index in [1.54, 1.807) is 12.1 Å².